The Hall–Kier alpha value is -1.65. The van der Waals surface area contributed by atoms with Crippen LogP contribution >= 0.6 is 0 Å². The molecule has 0 amide bonds. The highest BCUT2D eigenvalue weighted by Crippen LogP contribution is 2.13. The van der Waals surface area contributed by atoms with Crippen LogP contribution in [0.3, 0.4) is 0 Å². The zero-order chi connectivity index (χ0) is 13.0. The van der Waals surface area contributed by atoms with E-state index in [1.54, 1.807) is 0 Å². The van der Waals surface area contributed by atoms with Crippen LogP contribution < -0.4 is 0 Å². The number of fused-ring (bicyclic) bond motifs is 1. The molecule has 0 aliphatic heterocycles. The lowest BCUT2D eigenvalue weighted by atomic mass is 10.3. The lowest BCUT2D eigenvalue weighted by molar-refractivity contribution is 0.201. The molecule has 0 saturated heterocycles. The van der Waals surface area contributed by atoms with Crippen molar-refractivity contribution in [3.05, 3.63) is 48.4 Å². The number of nitrogens with zero attached hydrogens (tertiary/aromatic N) is 3. The van der Waals surface area contributed by atoms with E-state index in [4.69, 9.17) is 5.11 Å². The van der Waals surface area contributed by atoms with Gasteiger partial charge in [-0.3, -0.25) is 4.90 Å². The molecule has 18 heavy (non-hydrogen) atoms. The number of hydrogen-bond donors (Lipinski definition) is 1. The highest BCUT2D eigenvalue weighted by Gasteiger charge is 2.11. The highest BCUT2D eigenvalue weighted by atomic mass is 16.3. The van der Waals surface area contributed by atoms with Crippen LogP contribution in [0.2, 0.25) is 0 Å². The van der Waals surface area contributed by atoms with Gasteiger partial charge < -0.3 is 9.51 Å². The molecule has 96 valence electrons. The molecule has 2 rings (SSSR count). The summed E-state index contributed by atoms with van der Waals surface area (Å²) in [6, 6.07) is 5.99. The maximum absolute atomic E-state index is 9.08. The molecule has 0 fully saturated rings. The third kappa shape index (κ3) is 2.60. The minimum Gasteiger partial charge on any atom is -0.395 e. The van der Waals surface area contributed by atoms with Crippen molar-refractivity contribution in [3.8, 4) is 0 Å². The predicted molar refractivity (Wildman–Crippen MR) is 72.5 cm³/mol. The monoisotopic (exact) mass is 245 g/mol. The van der Waals surface area contributed by atoms with Crippen molar-refractivity contribution in [2.24, 2.45) is 0 Å². The van der Waals surface area contributed by atoms with Crippen molar-refractivity contribution in [3.63, 3.8) is 0 Å². The summed E-state index contributed by atoms with van der Waals surface area (Å²) >= 11 is 0. The van der Waals surface area contributed by atoms with Crippen molar-refractivity contribution in [2.75, 3.05) is 19.7 Å². The first-order valence-corrected chi connectivity index (χ1v) is 6.13. The number of imidazole rings is 1. The van der Waals surface area contributed by atoms with Gasteiger partial charge in [-0.15, -0.1) is 6.58 Å². The molecule has 0 aliphatic rings. The zero-order valence-corrected chi connectivity index (χ0v) is 10.7. The van der Waals surface area contributed by atoms with E-state index < -0.39 is 0 Å². The van der Waals surface area contributed by atoms with Gasteiger partial charge in [0.05, 0.1) is 18.0 Å². The maximum Gasteiger partial charge on any atom is 0.137 e. The average molecular weight is 245 g/mol. The van der Waals surface area contributed by atoms with Gasteiger partial charge in [-0.1, -0.05) is 12.1 Å². The third-order valence-corrected chi connectivity index (χ3v) is 3.01. The van der Waals surface area contributed by atoms with Crippen LogP contribution in [0.4, 0.5) is 0 Å². The second kappa shape index (κ2) is 5.80. The van der Waals surface area contributed by atoms with Crippen LogP contribution in [0.1, 0.15) is 11.4 Å². The van der Waals surface area contributed by atoms with Crippen LogP contribution in [0.25, 0.3) is 5.65 Å². The van der Waals surface area contributed by atoms with Gasteiger partial charge in [-0.05, 0) is 19.1 Å². The van der Waals surface area contributed by atoms with E-state index in [0.29, 0.717) is 6.54 Å². The van der Waals surface area contributed by atoms with Gasteiger partial charge in [0.15, 0.2) is 0 Å². The third-order valence-electron chi connectivity index (χ3n) is 3.01. The van der Waals surface area contributed by atoms with Gasteiger partial charge in [-0.25, -0.2) is 4.98 Å². The van der Waals surface area contributed by atoms with E-state index >= 15 is 0 Å². The summed E-state index contributed by atoms with van der Waals surface area (Å²) in [5.41, 5.74) is 3.17. The summed E-state index contributed by atoms with van der Waals surface area (Å²) in [5.74, 6) is 0. The normalized spacial score (nSPS) is 11.3. The lowest BCUT2D eigenvalue weighted by Crippen LogP contribution is -2.27. The van der Waals surface area contributed by atoms with Gasteiger partial charge >= 0.3 is 0 Å². The number of aryl methyl sites for hydroxylation is 1. The number of hydrogen-bond acceptors (Lipinski definition) is 3. The first kappa shape index (κ1) is 12.8. The fourth-order valence-electron chi connectivity index (χ4n) is 2.13. The number of rotatable bonds is 6. The number of pyridine rings is 1. The summed E-state index contributed by atoms with van der Waals surface area (Å²) < 4.78 is 2.10. The second-order valence-corrected chi connectivity index (χ2v) is 4.32. The van der Waals surface area contributed by atoms with E-state index in [1.165, 1.54) is 5.69 Å². The Labute approximate surface area is 107 Å². The molecule has 0 radical (unpaired) electrons. The standard InChI is InChI=1S/C14H19N3O/c1-3-7-16(9-10-18)11-13-12(2)15-14-6-4-5-8-17(13)14/h3-6,8,18H,1,7,9-11H2,2H3. The number of aliphatic hydroxyl groups is 1. The van der Waals surface area contributed by atoms with Gasteiger partial charge in [0.2, 0.25) is 0 Å². The Kier molecular flexibility index (Phi) is 4.12. The molecule has 0 unspecified atom stereocenters. The minimum atomic E-state index is 0.156. The smallest absolute Gasteiger partial charge is 0.137 e. The van der Waals surface area contributed by atoms with Crippen LogP contribution in [0.5, 0.6) is 0 Å². The molecular formula is C14H19N3O. The first-order chi connectivity index (χ1) is 8.76. The molecule has 4 nitrogen and oxygen atoms in total. The zero-order valence-electron chi connectivity index (χ0n) is 10.7. The first-order valence-electron chi connectivity index (χ1n) is 6.13. The molecule has 0 atom stereocenters. The van der Waals surface area contributed by atoms with E-state index in [9.17, 15) is 0 Å². The van der Waals surface area contributed by atoms with Crippen molar-refractivity contribution in [1.82, 2.24) is 14.3 Å². The van der Waals surface area contributed by atoms with Crippen molar-refractivity contribution >= 4 is 5.65 Å². The van der Waals surface area contributed by atoms with Gasteiger partial charge in [-0.2, -0.15) is 0 Å². The minimum absolute atomic E-state index is 0.156. The predicted octanol–water partition coefficient (Wildman–Crippen LogP) is 1.62. The van der Waals surface area contributed by atoms with E-state index in [2.05, 4.69) is 20.9 Å². The van der Waals surface area contributed by atoms with E-state index in [1.807, 2.05) is 37.4 Å². The molecule has 0 bridgehead atoms. The molecule has 1 N–H and O–H groups in total. The topological polar surface area (TPSA) is 40.8 Å². The second-order valence-electron chi connectivity index (χ2n) is 4.32. The van der Waals surface area contributed by atoms with Gasteiger partial charge in [0.25, 0.3) is 0 Å². The van der Waals surface area contributed by atoms with Crippen LogP contribution in [0.15, 0.2) is 37.1 Å². The Bertz CT molecular complexity index is 533. The molecule has 4 heteroatoms. The Balaban J connectivity index is 2.29. The molecule has 2 aromatic rings. The molecule has 2 aromatic heterocycles. The fraction of sp³-hybridized carbons (Fsp3) is 0.357. The lowest BCUT2D eigenvalue weighted by Gasteiger charge is -2.19. The van der Waals surface area contributed by atoms with Crippen LogP contribution in [-0.4, -0.2) is 39.1 Å². The molecule has 0 spiro atoms. The Morgan fingerprint density at radius 2 is 2.33 bits per heavy atom. The highest BCUT2D eigenvalue weighted by molar-refractivity contribution is 5.42. The van der Waals surface area contributed by atoms with Crippen LogP contribution in [0, 0.1) is 6.92 Å². The van der Waals surface area contributed by atoms with Crippen LogP contribution in [-0.2, 0) is 6.54 Å². The van der Waals surface area contributed by atoms with E-state index in [-0.39, 0.29) is 6.61 Å². The van der Waals surface area contributed by atoms with Crippen molar-refractivity contribution < 1.29 is 5.11 Å². The number of aromatic nitrogens is 2. The van der Waals surface area contributed by atoms with Gasteiger partial charge in [0, 0.05) is 25.8 Å². The summed E-state index contributed by atoms with van der Waals surface area (Å²) in [4.78, 5) is 6.68. The number of aliphatic hydroxyl groups excluding tert-OH is 1. The van der Waals surface area contributed by atoms with Crippen molar-refractivity contribution in [2.45, 2.75) is 13.5 Å². The van der Waals surface area contributed by atoms with Gasteiger partial charge in [0.1, 0.15) is 5.65 Å². The summed E-state index contributed by atoms with van der Waals surface area (Å²) in [7, 11) is 0. The van der Waals surface area contributed by atoms with Crippen molar-refractivity contribution in [1.29, 1.82) is 0 Å². The molecule has 0 saturated carbocycles. The molecule has 0 aromatic carbocycles. The Morgan fingerprint density at radius 3 is 3.06 bits per heavy atom. The maximum atomic E-state index is 9.08. The fourth-order valence-corrected chi connectivity index (χ4v) is 2.13. The summed E-state index contributed by atoms with van der Waals surface area (Å²) in [6.45, 7) is 8.10. The molecular weight excluding hydrogens is 226 g/mol. The molecule has 0 aliphatic carbocycles. The Morgan fingerprint density at radius 1 is 1.50 bits per heavy atom. The average Bonchev–Trinajstić information content (AvgIpc) is 2.67. The SMILES string of the molecule is C=CCN(CCO)Cc1c(C)nc2ccccn12. The largest absolute Gasteiger partial charge is 0.395 e. The van der Waals surface area contributed by atoms with E-state index in [0.717, 1.165) is 24.4 Å². The summed E-state index contributed by atoms with van der Waals surface area (Å²) in [5, 5.41) is 9.08. The quantitative estimate of drug-likeness (QED) is 0.786. The molecule has 2 heterocycles. The summed E-state index contributed by atoms with van der Waals surface area (Å²) in [6.07, 6.45) is 3.88.